The number of alkyl halides is 2. The van der Waals surface area contributed by atoms with Crippen molar-refractivity contribution in [3.63, 3.8) is 0 Å². The van der Waals surface area contributed by atoms with E-state index in [9.17, 15) is 18.0 Å². The van der Waals surface area contributed by atoms with E-state index in [1.54, 1.807) is 19.1 Å². The van der Waals surface area contributed by atoms with E-state index in [-0.39, 0.29) is 5.91 Å². The number of carbonyl (C=O) groups excluding carboxylic acids is 1. The predicted octanol–water partition coefficient (Wildman–Crippen LogP) is 4.70. The molecule has 0 aliphatic carbocycles. The van der Waals surface area contributed by atoms with E-state index in [2.05, 4.69) is 5.32 Å². The molecule has 1 amide bonds. The van der Waals surface area contributed by atoms with Gasteiger partial charge in [0.25, 0.3) is 11.7 Å². The van der Waals surface area contributed by atoms with Crippen LogP contribution in [-0.2, 0) is 0 Å². The quantitative estimate of drug-likeness (QED) is 0.829. The molecular weight excluding hydrogens is 299 g/mol. The van der Waals surface area contributed by atoms with E-state index < -0.39 is 11.6 Å². The molecule has 0 spiro atoms. The summed E-state index contributed by atoms with van der Waals surface area (Å²) in [6, 6.07) is 9.99. The number of hydrogen-bond acceptors (Lipinski definition) is 2. The van der Waals surface area contributed by atoms with Crippen LogP contribution in [0, 0.1) is 12.7 Å². The van der Waals surface area contributed by atoms with Gasteiger partial charge in [-0.2, -0.15) is 8.78 Å². The molecule has 0 saturated heterocycles. The molecule has 110 valence electrons. The highest BCUT2D eigenvalue weighted by Gasteiger charge is 2.10. The zero-order chi connectivity index (χ0) is 15.4. The summed E-state index contributed by atoms with van der Waals surface area (Å²) in [5.41, 5.74) is 1.38. The van der Waals surface area contributed by atoms with Crippen molar-refractivity contribution in [2.75, 3.05) is 5.32 Å². The summed E-state index contributed by atoms with van der Waals surface area (Å²) in [5.74, 6) is -3.26. The monoisotopic (exact) mass is 311 g/mol. The van der Waals surface area contributed by atoms with Crippen molar-refractivity contribution in [2.45, 2.75) is 17.6 Å². The number of thioether (sulfide) groups is 1. The summed E-state index contributed by atoms with van der Waals surface area (Å²) < 4.78 is 37.4. The molecule has 0 fully saturated rings. The Balaban J connectivity index is 2.08. The molecule has 0 saturated carbocycles. The van der Waals surface area contributed by atoms with Gasteiger partial charge < -0.3 is 5.32 Å². The fourth-order valence-corrected chi connectivity index (χ4v) is 2.30. The van der Waals surface area contributed by atoms with Gasteiger partial charge in [0.15, 0.2) is 0 Å². The number of halogens is 3. The Hall–Kier alpha value is -1.95. The smallest absolute Gasteiger partial charge is 0.288 e. The Labute approximate surface area is 124 Å². The second-order valence-corrected chi connectivity index (χ2v) is 5.38. The van der Waals surface area contributed by atoms with Crippen LogP contribution in [0.5, 0.6) is 0 Å². The second-order valence-electron chi connectivity index (χ2n) is 4.32. The van der Waals surface area contributed by atoms with Crippen LogP contribution in [0.2, 0.25) is 0 Å². The van der Waals surface area contributed by atoms with Crippen LogP contribution in [0.3, 0.4) is 0 Å². The minimum atomic E-state index is -2.48. The predicted molar refractivity (Wildman–Crippen MR) is 77.4 cm³/mol. The van der Waals surface area contributed by atoms with Crippen molar-refractivity contribution >= 4 is 23.4 Å². The number of rotatable bonds is 4. The summed E-state index contributed by atoms with van der Waals surface area (Å²) in [6.07, 6.45) is 0. The zero-order valence-corrected chi connectivity index (χ0v) is 11.9. The molecule has 0 radical (unpaired) electrons. The molecule has 2 rings (SSSR count). The highest BCUT2D eigenvalue weighted by molar-refractivity contribution is 7.99. The molecule has 0 aliphatic rings. The maximum atomic E-state index is 13.0. The molecule has 0 aromatic heterocycles. The molecule has 2 aromatic rings. The third-order valence-electron chi connectivity index (χ3n) is 2.77. The van der Waals surface area contributed by atoms with Crippen LogP contribution < -0.4 is 5.32 Å². The highest BCUT2D eigenvalue weighted by atomic mass is 32.2. The van der Waals surface area contributed by atoms with Crippen LogP contribution in [0.1, 0.15) is 15.9 Å². The Morgan fingerprint density at radius 2 is 1.81 bits per heavy atom. The third-order valence-corrected chi connectivity index (χ3v) is 3.49. The Morgan fingerprint density at radius 3 is 2.38 bits per heavy atom. The van der Waals surface area contributed by atoms with Crippen LogP contribution >= 0.6 is 11.8 Å². The van der Waals surface area contributed by atoms with E-state index in [4.69, 9.17) is 0 Å². The first-order chi connectivity index (χ1) is 9.95. The van der Waals surface area contributed by atoms with E-state index in [1.807, 2.05) is 0 Å². The molecule has 2 nitrogen and oxygen atoms in total. The van der Waals surface area contributed by atoms with Gasteiger partial charge in [0.1, 0.15) is 5.82 Å². The van der Waals surface area contributed by atoms with Crippen molar-refractivity contribution in [1.82, 2.24) is 0 Å². The van der Waals surface area contributed by atoms with E-state index >= 15 is 0 Å². The zero-order valence-electron chi connectivity index (χ0n) is 11.1. The van der Waals surface area contributed by atoms with E-state index in [1.165, 1.54) is 30.3 Å². The van der Waals surface area contributed by atoms with Crippen molar-refractivity contribution in [3.8, 4) is 0 Å². The summed E-state index contributed by atoms with van der Waals surface area (Å²) in [6.45, 7) is 1.64. The number of nitrogens with one attached hydrogen (secondary N) is 1. The first-order valence-electron chi connectivity index (χ1n) is 6.08. The minimum Gasteiger partial charge on any atom is -0.322 e. The normalized spacial score (nSPS) is 10.7. The molecule has 0 aliphatic heterocycles. The lowest BCUT2D eigenvalue weighted by atomic mass is 10.1. The van der Waals surface area contributed by atoms with E-state index in [0.717, 1.165) is 0 Å². The molecule has 0 atom stereocenters. The maximum Gasteiger partial charge on any atom is 0.288 e. The number of carbonyl (C=O) groups is 1. The molecule has 0 bridgehead atoms. The third kappa shape index (κ3) is 4.26. The average Bonchev–Trinajstić information content (AvgIpc) is 2.40. The molecule has 0 unspecified atom stereocenters. The SMILES string of the molecule is Cc1cc(F)ccc1C(=O)Nc1ccc(SC(F)F)cc1. The Bertz CT molecular complexity index is 644. The largest absolute Gasteiger partial charge is 0.322 e. The van der Waals surface area contributed by atoms with Crippen LogP contribution in [0.4, 0.5) is 18.9 Å². The molecule has 2 aromatic carbocycles. The lowest BCUT2D eigenvalue weighted by Gasteiger charge is -2.08. The van der Waals surface area contributed by atoms with Gasteiger partial charge >= 0.3 is 0 Å². The van der Waals surface area contributed by atoms with Gasteiger partial charge in [-0.1, -0.05) is 11.8 Å². The minimum absolute atomic E-state index is 0.363. The van der Waals surface area contributed by atoms with Crippen molar-refractivity contribution in [1.29, 1.82) is 0 Å². The van der Waals surface area contributed by atoms with Gasteiger partial charge in [-0.25, -0.2) is 4.39 Å². The second kappa shape index (κ2) is 6.67. The highest BCUT2D eigenvalue weighted by Crippen LogP contribution is 2.26. The average molecular weight is 311 g/mol. The first kappa shape index (κ1) is 15.4. The lowest BCUT2D eigenvalue weighted by molar-refractivity contribution is 0.102. The fourth-order valence-electron chi connectivity index (χ4n) is 1.80. The van der Waals surface area contributed by atoms with Crippen LogP contribution in [-0.4, -0.2) is 11.7 Å². The lowest BCUT2D eigenvalue weighted by Crippen LogP contribution is -2.13. The fraction of sp³-hybridized carbons (Fsp3) is 0.133. The number of hydrogen-bond donors (Lipinski definition) is 1. The molecule has 1 N–H and O–H groups in total. The van der Waals surface area contributed by atoms with Gasteiger partial charge in [0, 0.05) is 16.1 Å². The molecule has 0 heterocycles. The number of aryl methyl sites for hydroxylation is 1. The number of amides is 1. The van der Waals surface area contributed by atoms with Crippen molar-refractivity contribution < 1.29 is 18.0 Å². The van der Waals surface area contributed by atoms with E-state index in [0.29, 0.717) is 33.5 Å². The van der Waals surface area contributed by atoms with Gasteiger partial charge in [0.2, 0.25) is 0 Å². The topological polar surface area (TPSA) is 29.1 Å². The van der Waals surface area contributed by atoms with Crippen LogP contribution in [0.25, 0.3) is 0 Å². The standard InChI is InChI=1S/C15H12F3NOS/c1-9-8-10(16)2-7-13(9)14(20)19-11-3-5-12(6-4-11)21-15(17)18/h2-8,15H,1H3,(H,19,20). The molecule has 21 heavy (non-hydrogen) atoms. The number of benzene rings is 2. The van der Waals surface area contributed by atoms with Crippen molar-refractivity contribution in [3.05, 3.63) is 59.4 Å². The van der Waals surface area contributed by atoms with Gasteiger partial charge in [-0.15, -0.1) is 0 Å². The molecule has 6 heteroatoms. The van der Waals surface area contributed by atoms with Gasteiger partial charge in [-0.3, -0.25) is 4.79 Å². The summed E-state index contributed by atoms with van der Waals surface area (Å²) in [5, 5.41) is 2.64. The first-order valence-corrected chi connectivity index (χ1v) is 6.96. The number of anilines is 1. The van der Waals surface area contributed by atoms with Gasteiger partial charge in [0.05, 0.1) is 0 Å². The molecular formula is C15H12F3NOS. The van der Waals surface area contributed by atoms with Crippen LogP contribution in [0.15, 0.2) is 47.4 Å². The summed E-state index contributed by atoms with van der Waals surface area (Å²) in [4.78, 5) is 12.5. The van der Waals surface area contributed by atoms with Crippen molar-refractivity contribution in [2.24, 2.45) is 0 Å². The summed E-state index contributed by atoms with van der Waals surface area (Å²) >= 11 is 0.439. The Kier molecular flexibility index (Phi) is 4.90. The summed E-state index contributed by atoms with van der Waals surface area (Å²) in [7, 11) is 0. The maximum absolute atomic E-state index is 13.0. The van der Waals surface area contributed by atoms with Gasteiger partial charge in [-0.05, 0) is 55.0 Å². The Morgan fingerprint density at radius 1 is 1.14 bits per heavy atom.